The molecule has 3 atom stereocenters. The van der Waals surface area contributed by atoms with Crippen LogP contribution in [-0.4, -0.2) is 42.4 Å². The van der Waals surface area contributed by atoms with E-state index in [1.54, 1.807) is 29.8 Å². The Balaban J connectivity index is 1.30. The molecule has 0 radical (unpaired) electrons. The standard InChI is InChI=1S/C32H33F2N3O5/c1-18-14-15-36(21-4-3-5-21)32(40)28(18)37-17-25(24-13-12-23(41-2)16-26(24)33)27(31(37)39)35-30(38)20-8-10-22(11-9-20)42-29(34)19-6-7-19/h8-16,19,21,25,27,29H,3-7,17H2,1-2H3,(H,35,38)/t25-,27-,29?/m0/s1. The average Bonchev–Trinajstić information content (AvgIpc) is 3.76. The second-order valence-corrected chi connectivity index (χ2v) is 11.4. The Hall–Kier alpha value is -4.21. The maximum Gasteiger partial charge on any atom is 0.275 e. The summed E-state index contributed by atoms with van der Waals surface area (Å²) in [7, 11) is 1.43. The highest BCUT2D eigenvalue weighted by atomic mass is 19.1. The average molecular weight is 578 g/mol. The molecule has 1 N–H and O–H groups in total. The van der Waals surface area contributed by atoms with E-state index in [1.807, 2.05) is 6.07 Å². The van der Waals surface area contributed by atoms with Gasteiger partial charge in [0.05, 0.1) is 7.11 Å². The molecule has 1 aliphatic heterocycles. The number of hydrogen-bond donors (Lipinski definition) is 1. The quantitative estimate of drug-likeness (QED) is 0.385. The van der Waals surface area contributed by atoms with Gasteiger partial charge in [-0.05, 0) is 86.6 Å². The lowest BCUT2D eigenvalue weighted by Gasteiger charge is -2.29. The second-order valence-electron chi connectivity index (χ2n) is 11.4. The van der Waals surface area contributed by atoms with E-state index in [9.17, 15) is 18.8 Å². The molecule has 2 aliphatic carbocycles. The number of halogens is 2. The minimum Gasteiger partial charge on any atom is -0.497 e. The molecule has 6 rings (SSSR count). The van der Waals surface area contributed by atoms with Gasteiger partial charge in [0.25, 0.3) is 11.5 Å². The Labute approximate surface area is 242 Å². The van der Waals surface area contributed by atoms with Gasteiger partial charge < -0.3 is 24.3 Å². The number of aromatic nitrogens is 1. The molecule has 2 saturated carbocycles. The summed E-state index contributed by atoms with van der Waals surface area (Å²) in [6.45, 7) is 1.77. The molecule has 10 heteroatoms. The van der Waals surface area contributed by atoms with Crippen LogP contribution >= 0.6 is 0 Å². The van der Waals surface area contributed by atoms with Crippen molar-refractivity contribution in [2.24, 2.45) is 5.92 Å². The molecule has 1 saturated heterocycles. The van der Waals surface area contributed by atoms with Crippen LogP contribution in [0.4, 0.5) is 14.5 Å². The van der Waals surface area contributed by atoms with Crippen LogP contribution < -0.4 is 25.2 Å². The maximum atomic E-state index is 15.3. The maximum absolute atomic E-state index is 15.3. The lowest BCUT2D eigenvalue weighted by molar-refractivity contribution is -0.118. The van der Waals surface area contributed by atoms with Gasteiger partial charge in [-0.15, -0.1) is 0 Å². The van der Waals surface area contributed by atoms with E-state index in [-0.39, 0.29) is 40.9 Å². The SMILES string of the molecule is COc1ccc([C@@H]2CN(c3c(C)ccn(C4CCC4)c3=O)C(=O)[C@H]2NC(=O)c2ccc(OC(F)C3CC3)cc2)c(F)c1. The van der Waals surface area contributed by atoms with Crippen molar-refractivity contribution in [1.29, 1.82) is 0 Å². The molecule has 0 bridgehead atoms. The number of nitrogens with zero attached hydrogens (tertiary/aromatic N) is 2. The number of carbonyl (C=O) groups excluding carboxylic acids is 2. The summed E-state index contributed by atoms with van der Waals surface area (Å²) < 4.78 is 41.5. The van der Waals surface area contributed by atoms with Crippen molar-refractivity contribution in [2.45, 2.75) is 63.4 Å². The number of rotatable bonds is 9. The van der Waals surface area contributed by atoms with Gasteiger partial charge >= 0.3 is 0 Å². The van der Waals surface area contributed by atoms with Crippen molar-refractivity contribution >= 4 is 17.5 Å². The van der Waals surface area contributed by atoms with E-state index in [4.69, 9.17) is 9.47 Å². The number of benzene rings is 2. The largest absolute Gasteiger partial charge is 0.497 e. The summed E-state index contributed by atoms with van der Waals surface area (Å²) in [5.41, 5.74) is 1.04. The zero-order valence-corrected chi connectivity index (χ0v) is 23.5. The van der Waals surface area contributed by atoms with Gasteiger partial charge in [-0.3, -0.25) is 14.4 Å². The monoisotopic (exact) mass is 577 g/mol. The number of anilines is 1. The fourth-order valence-corrected chi connectivity index (χ4v) is 5.71. The van der Waals surface area contributed by atoms with Gasteiger partial charge in [-0.25, -0.2) is 8.78 Å². The number of pyridine rings is 1. The highest BCUT2D eigenvalue weighted by molar-refractivity contribution is 6.05. The van der Waals surface area contributed by atoms with Crippen molar-refractivity contribution in [3.05, 3.63) is 87.6 Å². The predicted molar refractivity (Wildman–Crippen MR) is 152 cm³/mol. The minimum absolute atomic E-state index is 0.00359. The van der Waals surface area contributed by atoms with Gasteiger partial charge in [0.1, 0.15) is 29.0 Å². The van der Waals surface area contributed by atoms with Crippen LogP contribution in [-0.2, 0) is 4.79 Å². The summed E-state index contributed by atoms with van der Waals surface area (Å²) >= 11 is 0. The van der Waals surface area contributed by atoms with Crippen LogP contribution in [0.15, 0.2) is 59.5 Å². The Bertz CT molecular complexity index is 1570. The smallest absolute Gasteiger partial charge is 0.275 e. The number of alkyl halides is 1. The first-order chi connectivity index (χ1) is 20.2. The predicted octanol–water partition coefficient (Wildman–Crippen LogP) is 5.04. The van der Waals surface area contributed by atoms with Crippen LogP contribution in [0.5, 0.6) is 11.5 Å². The van der Waals surface area contributed by atoms with Crippen molar-refractivity contribution in [3.8, 4) is 11.5 Å². The van der Waals surface area contributed by atoms with Crippen molar-refractivity contribution < 1.29 is 27.8 Å². The minimum atomic E-state index is -1.39. The Morgan fingerprint density at radius 1 is 1.02 bits per heavy atom. The summed E-state index contributed by atoms with van der Waals surface area (Å²) in [6, 6.07) is 11.1. The highest BCUT2D eigenvalue weighted by Gasteiger charge is 2.45. The lowest BCUT2D eigenvalue weighted by atomic mass is 9.92. The number of amides is 2. The van der Waals surface area contributed by atoms with Crippen LogP contribution in [0.1, 0.15) is 65.5 Å². The number of aryl methyl sites for hydroxylation is 1. The highest BCUT2D eigenvalue weighted by Crippen LogP contribution is 2.37. The number of ether oxygens (including phenoxy) is 2. The third-order valence-corrected chi connectivity index (χ3v) is 8.60. The van der Waals surface area contributed by atoms with Gasteiger partial charge in [0.2, 0.25) is 12.3 Å². The Morgan fingerprint density at radius 3 is 2.36 bits per heavy atom. The van der Waals surface area contributed by atoms with E-state index < -0.39 is 35.9 Å². The molecular weight excluding hydrogens is 544 g/mol. The van der Waals surface area contributed by atoms with Gasteiger partial charge in [0.15, 0.2) is 0 Å². The molecule has 2 heterocycles. The molecule has 8 nitrogen and oxygen atoms in total. The number of nitrogens with one attached hydrogen (secondary N) is 1. The molecule has 1 unspecified atom stereocenters. The van der Waals surface area contributed by atoms with Gasteiger partial charge in [-0.1, -0.05) is 6.07 Å². The van der Waals surface area contributed by atoms with Crippen LogP contribution in [0.2, 0.25) is 0 Å². The number of hydrogen-bond acceptors (Lipinski definition) is 5. The molecule has 3 aliphatic rings. The van der Waals surface area contributed by atoms with Gasteiger partial charge in [-0.2, -0.15) is 0 Å². The van der Waals surface area contributed by atoms with E-state index in [2.05, 4.69) is 5.32 Å². The molecular formula is C32H33F2N3O5. The Kier molecular flexibility index (Phi) is 7.47. The van der Waals surface area contributed by atoms with Crippen LogP contribution in [0, 0.1) is 18.7 Å². The normalized spacial score (nSPS) is 21.1. The van der Waals surface area contributed by atoms with E-state index >= 15 is 4.39 Å². The molecule has 1 aromatic heterocycles. The molecule has 2 aromatic carbocycles. The molecule has 220 valence electrons. The molecule has 2 amide bonds. The van der Waals surface area contributed by atoms with Crippen LogP contribution in [0.3, 0.4) is 0 Å². The zero-order chi connectivity index (χ0) is 29.5. The number of carbonyl (C=O) groups is 2. The summed E-state index contributed by atoms with van der Waals surface area (Å²) in [5, 5.41) is 2.78. The van der Waals surface area contributed by atoms with Crippen molar-refractivity contribution in [1.82, 2.24) is 9.88 Å². The third kappa shape index (κ3) is 5.26. The van der Waals surface area contributed by atoms with E-state index in [1.165, 1.54) is 42.3 Å². The molecule has 3 fully saturated rings. The first-order valence-electron chi connectivity index (χ1n) is 14.3. The lowest BCUT2D eigenvalue weighted by Crippen LogP contribution is -2.45. The first kappa shape index (κ1) is 27.9. The van der Waals surface area contributed by atoms with Gasteiger partial charge in [0, 0.05) is 42.2 Å². The topological polar surface area (TPSA) is 89.9 Å². The Morgan fingerprint density at radius 2 is 1.74 bits per heavy atom. The van der Waals surface area contributed by atoms with Crippen molar-refractivity contribution in [3.63, 3.8) is 0 Å². The fourth-order valence-electron chi connectivity index (χ4n) is 5.71. The summed E-state index contributed by atoms with van der Waals surface area (Å²) in [4.78, 5) is 42.3. The van der Waals surface area contributed by atoms with Crippen molar-refractivity contribution in [2.75, 3.05) is 18.6 Å². The second kappa shape index (κ2) is 11.2. The third-order valence-electron chi connectivity index (χ3n) is 8.60. The summed E-state index contributed by atoms with van der Waals surface area (Å²) in [6.07, 6.45) is 4.78. The van der Waals surface area contributed by atoms with E-state index in [0.29, 0.717) is 17.1 Å². The summed E-state index contributed by atoms with van der Waals surface area (Å²) in [5.74, 6) is -1.89. The first-order valence-corrected chi connectivity index (χ1v) is 14.3. The molecule has 0 spiro atoms. The zero-order valence-electron chi connectivity index (χ0n) is 23.5. The molecule has 42 heavy (non-hydrogen) atoms. The van der Waals surface area contributed by atoms with E-state index in [0.717, 1.165) is 32.1 Å². The van der Waals surface area contributed by atoms with Crippen LogP contribution in [0.25, 0.3) is 0 Å². The number of methoxy groups -OCH3 is 1. The fraction of sp³-hybridized carbons (Fsp3) is 0.406. The molecule has 3 aromatic rings.